The van der Waals surface area contributed by atoms with Crippen molar-refractivity contribution >= 4 is 11.0 Å². The Morgan fingerprint density at radius 1 is 1.03 bits per heavy atom. The lowest BCUT2D eigenvalue weighted by Crippen LogP contribution is -2.20. The topological polar surface area (TPSA) is 97.9 Å². The summed E-state index contributed by atoms with van der Waals surface area (Å²) in [6.07, 6.45) is -0.801. The van der Waals surface area contributed by atoms with E-state index < -0.39 is 6.10 Å². The van der Waals surface area contributed by atoms with Crippen molar-refractivity contribution in [3.8, 4) is 5.75 Å². The Labute approximate surface area is 175 Å². The molecule has 1 aromatic heterocycles. The first-order valence-corrected chi connectivity index (χ1v) is 9.95. The molecule has 162 valence electrons. The normalized spacial score (nSPS) is 12.4. The summed E-state index contributed by atoms with van der Waals surface area (Å²) < 4.78 is 14.1. The van der Waals surface area contributed by atoms with E-state index in [4.69, 9.17) is 14.6 Å². The van der Waals surface area contributed by atoms with Gasteiger partial charge in [-0.2, -0.15) is 0 Å². The van der Waals surface area contributed by atoms with Crippen molar-refractivity contribution in [3.05, 3.63) is 64.1 Å². The van der Waals surface area contributed by atoms with Crippen molar-refractivity contribution in [3.63, 3.8) is 0 Å². The van der Waals surface area contributed by atoms with Crippen molar-refractivity contribution < 1.29 is 19.7 Å². The maximum atomic E-state index is 12.1. The molecule has 3 rings (SSSR count). The van der Waals surface area contributed by atoms with E-state index in [-0.39, 0.29) is 18.9 Å². The second-order valence-electron chi connectivity index (χ2n) is 7.13. The van der Waals surface area contributed by atoms with E-state index in [1.807, 2.05) is 42.5 Å². The largest absolute Gasteiger partial charge is 0.491 e. The minimum absolute atomic E-state index is 0.0384. The maximum Gasteiger partial charge on any atom is 0.328 e. The summed E-state index contributed by atoms with van der Waals surface area (Å²) in [5, 5.41) is 22.4. The second kappa shape index (κ2) is 10.4. The molecule has 0 radical (unpaired) electrons. The number of aliphatic hydroxyl groups is 2. The summed E-state index contributed by atoms with van der Waals surface area (Å²) in [5.74, 6) is 0.678. The van der Waals surface area contributed by atoms with Crippen LogP contribution in [0.5, 0.6) is 5.75 Å². The standard InChI is InChI=1S/C22H29N3O5/c1-24-19-8-5-17(13-20(19)25(2)22(24)28)21(27)15-30-18-6-3-16(4-7-18)14-23-9-11-29-12-10-26/h3-8,13,21,23,26-27H,9-12,14-15H2,1-2H3. The van der Waals surface area contributed by atoms with Gasteiger partial charge < -0.3 is 25.0 Å². The number of hydrogen-bond acceptors (Lipinski definition) is 6. The van der Waals surface area contributed by atoms with Crippen LogP contribution < -0.4 is 15.7 Å². The molecule has 1 atom stereocenters. The molecule has 0 saturated heterocycles. The van der Waals surface area contributed by atoms with Crippen LogP contribution in [0.25, 0.3) is 11.0 Å². The predicted octanol–water partition coefficient (Wildman–Crippen LogP) is 1.09. The summed E-state index contributed by atoms with van der Waals surface area (Å²) in [7, 11) is 3.45. The van der Waals surface area contributed by atoms with Gasteiger partial charge in [-0.15, -0.1) is 0 Å². The molecule has 1 heterocycles. The number of benzene rings is 2. The quantitative estimate of drug-likeness (QED) is 0.406. The Balaban J connectivity index is 1.51. The van der Waals surface area contributed by atoms with E-state index in [2.05, 4.69) is 5.32 Å². The van der Waals surface area contributed by atoms with Crippen LogP contribution in [0.2, 0.25) is 0 Å². The minimum atomic E-state index is -0.801. The lowest BCUT2D eigenvalue weighted by Gasteiger charge is -2.14. The zero-order valence-corrected chi connectivity index (χ0v) is 17.4. The lowest BCUT2D eigenvalue weighted by atomic mass is 10.1. The first-order valence-electron chi connectivity index (χ1n) is 9.95. The molecule has 8 nitrogen and oxygen atoms in total. The Kier molecular flexibility index (Phi) is 7.64. The van der Waals surface area contributed by atoms with Gasteiger partial charge >= 0.3 is 5.69 Å². The smallest absolute Gasteiger partial charge is 0.328 e. The third-order valence-electron chi connectivity index (χ3n) is 5.00. The summed E-state index contributed by atoms with van der Waals surface area (Å²) in [4.78, 5) is 12.1. The highest BCUT2D eigenvalue weighted by Gasteiger charge is 2.13. The zero-order valence-electron chi connectivity index (χ0n) is 17.4. The third-order valence-corrected chi connectivity index (χ3v) is 5.00. The van der Waals surface area contributed by atoms with E-state index in [9.17, 15) is 9.90 Å². The lowest BCUT2D eigenvalue weighted by molar-refractivity contribution is 0.0938. The molecule has 0 aliphatic heterocycles. The van der Waals surface area contributed by atoms with Crippen LogP contribution in [0.3, 0.4) is 0 Å². The molecule has 0 aliphatic rings. The Morgan fingerprint density at radius 3 is 2.50 bits per heavy atom. The minimum Gasteiger partial charge on any atom is -0.491 e. The molecular formula is C22H29N3O5. The molecule has 8 heteroatoms. The fourth-order valence-electron chi connectivity index (χ4n) is 3.25. The van der Waals surface area contributed by atoms with E-state index in [0.717, 1.165) is 16.6 Å². The molecule has 1 unspecified atom stereocenters. The number of aryl methyl sites for hydroxylation is 2. The van der Waals surface area contributed by atoms with Crippen molar-refractivity contribution in [2.75, 3.05) is 33.0 Å². The van der Waals surface area contributed by atoms with Gasteiger partial charge in [-0.3, -0.25) is 9.13 Å². The molecule has 0 fully saturated rings. The van der Waals surface area contributed by atoms with E-state index >= 15 is 0 Å². The molecule has 0 spiro atoms. The van der Waals surface area contributed by atoms with Gasteiger partial charge in [-0.1, -0.05) is 18.2 Å². The highest BCUT2D eigenvalue weighted by Crippen LogP contribution is 2.21. The van der Waals surface area contributed by atoms with Gasteiger partial charge in [0.25, 0.3) is 0 Å². The van der Waals surface area contributed by atoms with Gasteiger partial charge in [0.1, 0.15) is 18.5 Å². The van der Waals surface area contributed by atoms with Crippen LogP contribution in [0, 0.1) is 0 Å². The molecule has 3 aromatic rings. The molecule has 0 saturated carbocycles. The maximum absolute atomic E-state index is 12.1. The molecule has 2 aromatic carbocycles. The van der Waals surface area contributed by atoms with Crippen LogP contribution in [-0.4, -0.2) is 52.3 Å². The van der Waals surface area contributed by atoms with Crippen molar-refractivity contribution in [2.45, 2.75) is 12.6 Å². The fourth-order valence-corrected chi connectivity index (χ4v) is 3.25. The molecule has 3 N–H and O–H groups in total. The van der Waals surface area contributed by atoms with Crippen molar-refractivity contribution in [1.29, 1.82) is 0 Å². The van der Waals surface area contributed by atoms with Crippen LogP contribution in [0.4, 0.5) is 0 Å². The van der Waals surface area contributed by atoms with Gasteiger partial charge in [0.05, 0.1) is 30.9 Å². The highest BCUT2D eigenvalue weighted by molar-refractivity contribution is 5.76. The number of imidazole rings is 1. The second-order valence-corrected chi connectivity index (χ2v) is 7.13. The summed E-state index contributed by atoms with van der Waals surface area (Å²) in [6.45, 7) is 2.49. The molecule has 0 aliphatic carbocycles. The van der Waals surface area contributed by atoms with Gasteiger partial charge in [0.2, 0.25) is 0 Å². The summed E-state index contributed by atoms with van der Waals surface area (Å²) >= 11 is 0. The number of ether oxygens (including phenoxy) is 2. The van der Waals surface area contributed by atoms with Crippen molar-refractivity contribution in [2.24, 2.45) is 14.1 Å². The summed E-state index contributed by atoms with van der Waals surface area (Å²) in [6, 6.07) is 13.2. The Bertz CT molecular complexity index is 1010. The number of aromatic nitrogens is 2. The van der Waals surface area contributed by atoms with Crippen LogP contribution in [0.1, 0.15) is 17.2 Å². The number of nitrogens with one attached hydrogen (secondary N) is 1. The van der Waals surface area contributed by atoms with Gasteiger partial charge in [-0.05, 0) is 35.4 Å². The van der Waals surface area contributed by atoms with Crippen LogP contribution in [-0.2, 0) is 25.4 Å². The third kappa shape index (κ3) is 5.28. The monoisotopic (exact) mass is 415 g/mol. The molecular weight excluding hydrogens is 386 g/mol. The molecule has 0 bridgehead atoms. The average Bonchev–Trinajstić information content (AvgIpc) is 2.99. The number of fused-ring (bicyclic) bond motifs is 1. The molecule has 0 amide bonds. The molecule has 30 heavy (non-hydrogen) atoms. The van der Waals surface area contributed by atoms with E-state index in [0.29, 0.717) is 37.6 Å². The highest BCUT2D eigenvalue weighted by atomic mass is 16.5. The average molecular weight is 415 g/mol. The Hall–Kier alpha value is -2.65. The Morgan fingerprint density at radius 2 is 1.77 bits per heavy atom. The fraction of sp³-hybridized carbons (Fsp3) is 0.409. The predicted molar refractivity (Wildman–Crippen MR) is 115 cm³/mol. The zero-order chi connectivity index (χ0) is 21.5. The SMILES string of the molecule is Cn1c(=O)n(C)c2cc(C(O)COc3ccc(CNCCOCCO)cc3)ccc21. The number of nitrogens with zero attached hydrogens (tertiary/aromatic N) is 2. The number of rotatable bonds is 11. The van der Waals surface area contributed by atoms with E-state index in [1.54, 1.807) is 23.2 Å². The van der Waals surface area contributed by atoms with Gasteiger partial charge in [0.15, 0.2) is 0 Å². The number of aliphatic hydroxyl groups excluding tert-OH is 2. The van der Waals surface area contributed by atoms with Crippen molar-refractivity contribution in [1.82, 2.24) is 14.5 Å². The van der Waals surface area contributed by atoms with Gasteiger partial charge in [-0.25, -0.2) is 4.79 Å². The first-order chi connectivity index (χ1) is 14.5. The van der Waals surface area contributed by atoms with Crippen LogP contribution >= 0.6 is 0 Å². The van der Waals surface area contributed by atoms with Gasteiger partial charge in [0, 0.05) is 27.2 Å². The van der Waals surface area contributed by atoms with Crippen LogP contribution in [0.15, 0.2) is 47.3 Å². The number of hydrogen-bond donors (Lipinski definition) is 3. The summed E-state index contributed by atoms with van der Waals surface area (Å²) in [5.41, 5.74) is 3.31. The first kappa shape index (κ1) is 22.0. The van der Waals surface area contributed by atoms with E-state index in [1.165, 1.54) is 0 Å².